The molecule has 0 aliphatic carbocycles. The van der Waals surface area contributed by atoms with Gasteiger partial charge in [0.1, 0.15) is 0 Å². The maximum absolute atomic E-state index is 8.53. The Morgan fingerprint density at radius 3 is 1.00 bits per heavy atom. The van der Waals surface area contributed by atoms with Crippen molar-refractivity contribution >= 4 is 31.4 Å². The first kappa shape index (κ1) is 15.7. The van der Waals surface area contributed by atoms with Crippen LogP contribution in [0, 0.1) is 0 Å². The van der Waals surface area contributed by atoms with Gasteiger partial charge in [0.05, 0.1) is 0 Å². The molecule has 0 aromatic rings. The summed E-state index contributed by atoms with van der Waals surface area (Å²) in [5, 5.41) is 0. The van der Waals surface area contributed by atoms with Crippen molar-refractivity contribution in [2.24, 2.45) is 0 Å². The van der Waals surface area contributed by atoms with Gasteiger partial charge in [0, 0.05) is 0 Å². The SMILES string of the molecule is [Fe+2].[O]=[GeH][O-].[O]=[GeH][O-]. The van der Waals surface area contributed by atoms with Crippen LogP contribution in [0.5, 0.6) is 0 Å². The van der Waals surface area contributed by atoms with E-state index >= 15 is 0 Å². The first-order chi connectivity index (χ1) is 2.83. The van der Waals surface area contributed by atoms with E-state index in [0.717, 1.165) is 0 Å². The van der Waals surface area contributed by atoms with E-state index in [1.165, 1.54) is 0 Å². The average molecular weight is 267 g/mol. The molecular weight excluding hydrogens is 265 g/mol. The van der Waals surface area contributed by atoms with Gasteiger partial charge in [-0.3, -0.25) is 0 Å². The molecule has 0 fully saturated rings. The molecule has 0 aliphatic rings. The van der Waals surface area contributed by atoms with E-state index in [-0.39, 0.29) is 17.1 Å². The molecule has 0 rings (SSSR count). The zero-order valence-electron chi connectivity index (χ0n) is 3.14. The summed E-state index contributed by atoms with van der Waals surface area (Å²) in [4.78, 5) is 0. The van der Waals surface area contributed by atoms with Crippen LogP contribution in [0.3, 0.4) is 0 Å². The van der Waals surface area contributed by atoms with Crippen molar-refractivity contribution in [3.05, 3.63) is 0 Å². The van der Waals surface area contributed by atoms with Crippen LogP contribution < -0.4 is 8.27 Å². The summed E-state index contributed by atoms with van der Waals surface area (Å²) in [6.07, 6.45) is 0. The molecule has 4 nitrogen and oxygen atoms in total. The van der Waals surface area contributed by atoms with E-state index in [1.54, 1.807) is 0 Å². The molecule has 0 bridgehead atoms. The van der Waals surface area contributed by atoms with Crippen LogP contribution in [0.15, 0.2) is 0 Å². The molecule has 0 N–H and O–H groups in total. The number of hydrogen-bond donors (Lipinski definition) is 0. The van der Waals surface area contributed by atoms with E-state index < -0.39 is 31.4 Å². The van der Waals surface area contributed by atoms with Crippen molar-refractivity contribution in [2.75, 3.05) is 0 Å². The predicted molar refractivity (Wildman–Crippen MR) is 15.7 cm³/mol. The molecular formula is H2FeGe2O4. The van der Waals surface area contributed by atoms with Crippen LogP contribution >= 0.6 is 0 Å². The van der Waals surface area contributed by atoms with E-state index in [0.29, 0.717) is 0 Å². The van der Waals surface area contributed by atoms with E-state index in [9.17, 15) is 0 Å². The third-order valence-electron chi connectivity index (χ3n) is 0. The molecule has 0 amide bonds. The van der Waals surface area contributed by atoms with Crippen molar-refractivity contribution in [2.45, 2.75) is 0 Å². The Bertz CT molecular complexity index is 30.7. The molecule has 7 heteroatoms. The third-order valence-corrected chi connectivity index (χ3v) is 0. The normalized spacial score (nSPS) is 3.43. The molecule has 0 spiro atoms. The maximum atomic E-state index is 8.53. The second-order valence-corrected chi connectivity index (χ2v) is 1.00. The second-order valence-electron chi connectivity index (χ2n) is 0.192. The monoisotopic (exact) mass is 270 g/mol. The van der Waals surface area contributed by atoms with Crippen LogP contribution in [-0.4, -0.2) is 31.4 Å². The van der Waals surface area contributed by atoms with Crippen molar-refractivity contribution in [3.8, 4) is 0 Å². The molecule has 0 heterocycles. The Morgan fingerprint density at radius 1 is 1.00 bits per heavy atom. The standard InChI is InChI=1S/Fe.2GeHO2/c;2*2-1-3/h;2*1H/q+2;2*-1. The van der Waals surface area contributed by atoms with Crippen LogP contribution in [0.4, 0.5) is 0 Å². The van der Waals surface area contributed by atoms with Crippen molar-refractivity contribution in [1.29, 1.82) is 0 Å². The molecule has 0 saturated heterocycles. The molecule has 0 aromatic carbocycles. The second kappa shape index (κ2) is 29.1. The van der Waals surface area contributed by atoms with Gasteiger partial charge in [-0.15, -0.1) is 0 Å². The van der Waals surface area contributed by atoms with Gasteiger partial charge >= 0.3 is 64.3 Å². The number of rotatable bonds is 0. The summed E-state index contributed by atoms with van der Waals surface area (Å²) in [6.45, 7) is 0. The van der Waals surface area contributed by atoms with Gasteiger partial charge < -0.3 is 0 Å². The van der Waals surface area contributed by atoms with Gasteiger partial charge in [0.2, 0.25) is 0 Å². The van der Waals surface area contributed by atoms with E-state index in [4.69, 9.17) is 15.8 Å². The zero-order valence-corrected chi connectivity index (χ0v) is 9.09. The molecule has 0 aliphatic heterocycles. The van der Waals surface area contributed by atoms with Gasteiger partial charge in [0.15, 0.2) is 0 Å². The van der Waals surface area contributed by atoms with Gasteiger partial charge in [-0.2, -0.15) is 0 Å². The van der Waals surface area contributed by atoms with Crippen LogP contribution in [0.1, 0.15) is 0 Å². The minimum absolute atomic E-state index is 0. The number of hydrogen-bond acceptors (Lipinski definition) is 4. The van der Waals surface area contributed by atoms with Gasteiger partial charge in [-0.1, -0.05) is 0 Å². The molecule has 0 radical (unpaired) electrons. The minimum atomic E-state index is -2.19. The molecule has 0 atom stereocenters. The van der Waals surface area contributed by atoms with Crippen LogP contribution in [0.25, 0.3) is 0 Å². The average Bonchev–Trinajstić information content (AvgIpc) is 1.39. The first-order valence-electron chi connectivity index (χ1n) is 0.943. The quantitative estimate of drug-likeness (QED) is 0.420. The molecule has 0 aromatic heterocycles. The Hall–Kier alpha value is 0.805. The summed E-state index contributed by atoms with van der Waals surface area (Å²) >= 11 is -4.38. The summed E-state index contributed by atoms with van der Waals surface area (Å²) < 4.78 is 34.1. The summed E-state index contributed by atoms with van der Waals surface area (Å²) in [7, 11) is 0. The zero-order chi connectivity index (χ0) is 5.41. The van der Waals surface area contributed by atoms with E-state index in [2.05, 4.69) is 0 Å². The summed E-state index contributed by atoms with van der Waals surface area (Å²) in [5.41, 5.74) is 0. The van der Waals surface area contributed by atoms with Crippen LogP contribution in [0.2, 0.25) is 0 Å². The van der Waals surface area contributed by atoms with Crippen molar-refractivity contribution < 1.29 is 32.9 Å². The Kier molecular flexibility index (Phi) is 65.2. The van der Waals surface area contributed by atoms with Crippen LogP contribution in [-0.2, 0) is 24.6 Å². The molecule has 42 valence electrons. The first-order valence-corrected chi connectivity index (χ1v) is 4.90. The Morgan fingerprint density at radius 2 is 1.00 bits per heavy atom. The Labute approximate surface area is 64.2 Å². The molecule has 7 heavy (non-hydrogen) atoms. The fourth-order valence-corrected chi connectivity index (χ4v) is 0. The summed E-state index contributed by atoms with van der Waals surface area (Å²) in [6, 6.07) is 0. The van der Waals surface area contributed by atoms with E-state index in [1.807, 2.05) is 0 Å². The topological polar surface area (TPSA) is 80.3 Å². The third kappa shape index (κ3) is 242. The van der Waals surface area contributed by atoms with Crippen molar-refractivity contribution in [1.82, 2.24) is 0 Å². The Balaban J connectivity index is -0.0000000400. The fraction of sp³-hybridized carbons (Fsp3) is 0. The van der Waals surface area contributed by atoms with Gasteiger partial charge in [-0.25, -0.2) is 0 Å². The fourth-order valence-electron chi connectivity index (χ4n) is 0. The summed E-state index contributed by atoms with van der Waals surface area (Å²) in [5.74, 6) is 0. The predicted octanol–water partition coefficient (Wildman–Crippen LogP) is -3.92. The molecule has 0 saturated carbocycles. The van der Waals surface area contributed by atoms with Gasteiger partial charge in [0.25, 0.3) is 0 Å². The van der Waals surface area contributed by atoms with Crippen molar-refractivity contribution in [3.63, 3.8) is 0 Å². The van der Waals surface area contributed by atoms with Gasteiger partial charge in [-0.05, 0) is 0 Å². The molecule has 0 unspecified atom stereocenters.